The summed E-state index contributed by atoms with van der Waals surface area (Å²) in [7, 11) is -3.78. The lowest BCUT2D eigenvalue weighted by atomic mass is 10.1. The van der Waals surface area contributed by atoms with Crippen molar-refractivity contribution in [2.75, 3.05) is 0 Å². The topological polar surface area (TPSA) is 115 Å². The third kappa shape index (κ3) is 3.78. The average molecular weight is 285 g/mol. The fourth-order valence-electron chi connectivity index (χ4n) is 1.45. The van der Waals surface area contributed by atoms with Gasteiger partial charge < -0.3 is 10.8 Å². The normalized spacial score (nSPS) is 12.9. The molecule has 1 aromatic rings. The van der Waals surface area contributed by atoms with Crippen molar-refractivity contribution in [1.29, 1.82) is 0 Å². The predicted octanol–water partition coefficient (Wildman–Crippen LogP) is 0.351. The molecule has 0 saturated heterocycles. The Balaban J connectivity index is 2.93. The molecule has 1 rings (SSSR count). The molecule has 7 heteroatoms. The highest BCUT2D eigenvalue weighted by atomic mass is 32.2. The van der Waals surface area contributed by atoms with Gasteiger partial charge in [-0.1, -0.05) is 12.1 Å². The predicted molar refractivity (Wildman–Crippen MR) is 68.2 cm³/mol. The van der Waals surface area contributed by atoms with E-state index in [2.05, 4.69) is 0 Å². The molecule has 1 unspecified atom stereocenters. The third-order valence-corrected chi connectivity index (χ3v) is 4.84. The minimum absolute atomic E-state index is 0.00197. The van der Waals surface area contributed by atoms with Crippen LogP contribution in [-0.4, -0.2) is 30.7 Å². The molecule has 104 valence electrons. The molecule has 0 bridgehead atoms. The lowest BCUT2D eigenvalue weighted by Gasteiger charge is -2.09. The molecule has 0 aliphatic carbocycles. The summed E-state index contributed by atoms with van der Waals surface area (Å²) in [5.41, 5.74) is 5.70. The zero-order valence-electron chi connectivity index (χ0n) is 10.4. The van der Waals surface area contributed by atoms with Crippen molar-refractivity contribution in [2.24, 2.45) is 5.73 Å². The number of sulfone groups is 1. The van der Waals surface area contributed by atoms with E-state index in [9.17, 15) is 18.0 Å². The van der Waals surface area contributed by atoms with Gasteiger partial charge in [-0.2, -0.15) is 0 Å². The maximum atomic E-state index is 12.0. The minimum atomic E-state index is -3.78. The highest BCUT2D eigenvalue weighted by Gasteiger charge is 2.27. The lowest BCUT2D eigenvalue weighted by molar-refractivity contribution is -0.137. The monoisotopic (exact) mass is 285 g/mol. The van der Waals surface area contributed by atoms with E-state index < -0.39 is 27.0 Å². The third-order valence-electron chi connectivity index (χ3n) is 2.75. The first-order valence-electron chi connectivity index (χ1n) is 5.59. The van der Waals surface area contributed by atoms with Crippen molar-refractivity contribution in [3.05, 3.63) is 29.8 Å². The van der Waals surface area contributed by atoms with E-state index in [0.717, 1.165) is 0 Å². The van der Waals surface area contributed by atoms with Crippen molar-refractivity contribution in [1.82, 2.24) is 0 Å². The largest absolute Gasteiger partial charge is 0.481 e. The number of carboxylic acids is 1. The molecule has 1 amide bonds. The number of aryl methyl sites for hydroxylation is 1. The number of primary amides is 1. The Hall–Kier alpha value is -1.89. The Bertz CT molecular complexity index is 577. The van der Waals surface area contributed by atoms with Gasteiger partial charge in [-0.3, -0.25) is 9.59 Å². The molecule has 0 heterocycles. The molecule has 0 spiro atoms. The minimum Gasteiger partial charge on any atom is -0.481 e. The van der Waals surface area contributed by atoms with Crippen LogP contribution in [0.4, 0.5) is 0 Å². The van der Waals surface area contributed by atoms with E-state index in [1.807, 2.05) is 0 Å². The van der Waals surface area contributed by atoms with Crippen LogP contribution >= 0.6 is 0 Å². The summed E-state index contributed by atoms with van der Waals surface area (Å²) in [5, 5.41) is 7.25. The average Bonchev–Trinajstić information content (AvgIpc) is 2.35. The molecule has 0 aliphatic rings. The van der Waals surface area contributed by atoms with Gasteiger partial charge >= 0.3 is 5.97 Å². The Labute approximate surface area is 111 Å². The number of aliphatic carboxylic acids is 1. The van der Waals surface area contributed by atoms with Crippen LogP contribution < -0.4 is 5.73 Å². The number of amides is 1. The maximum absolute atomic E-state index is 12.0. The summed E-state index contributed by atoms with van der Waals surface area (Å²) in [4.78, 5) is 21.4. The maximum Gasteiger partial charge on any atom is 0.303 e. The van der Waals surface area contributed by atoms with Crippen LogP contribution in [0.3, 0.4) is 0 Å². The summed E-state index contributed by atoms with van der Waals surface area (Å²) >= 11 is 0. The summed E-state index contributed by atoms with van der Waals surface area (Å²) < 4.78 is 23.9. The van der Waals surface area contributed by atoms with E-state index in [1.165, 1.54) is 31.2 Å². The molecule has 1 atom stereocenters. The number of carbonyl (C=O) groups excluding carboxylic acids is 1. The van der Waals surface area contributed by atoms with Crippen LogP contribution in [0.15, 0.2) is 29.2 Å². The van der Waals surface area contributed by atoms with Gasteiger partial charge in [0.25, 0.3) is 0 Å². The second-order valence-corrected chi connectivity index (χ2v) is 6.40. The van der Waals surface area contributed by atoms with E-state index in [-0.39, 0.29) is 11.3 Å². The molecule has 0 radical (unpaired) electrons. The molecule has 0 fully saturated rings. The van der Waals surface area contributed by atoms with Crippen molar-refractivity contribution in [2.45, 2.75) is 29.9 Å². The number of carbonyl (C=O) groups is 2. The molecule has 0 saturated carbocycles. The van der Waals surface area contributed by atoms with Gasteiger partial charge in [0.1, 0.15) is 5.25 Å². The number of carboxylic acid groups (broad SMARTS) is 1. The number of nitrogens with two attached hydrogens (primary N) is 1. The van der Waals surface area contributed by atoms with E-state index >= 15 is 0 Å². The Kier molecular flexibility index (Phi) is 4.66. The van der Waals surface area contributed by atoms with Crippen LogP contribution in [0, 0.1) is 0 Å². The first-order valence-corrected chi connectivity index (χ1v) is 7.13. The Morgan fingerprint density at radius 1 is 1.26 bits per heavy atom. The molecule has 0 aromatic heterocycles. The first-order chi connectivity index (χ1) is 8.75. The second kappa shape index (κ2) is 5.83. The number of hydrogen-bond donors (Lipinski definition) is 2. The summed E-state index contributed by atoms with van der Waals surface area (Å²) in [6.45, 7) is 1.23. The fourth-order valence-corrected chi connectivity index (χ4v) is 2.68. The Morgan fingerprint density at radius 2 is 1.79 bits per heavy atom. The van der Waals surface area contributed by atoms with E-state index in [1.54, 1.807) is 0 Å². The van der Waals surface area contributed by atoms with Gasteiger partial charge in [0.15, 0.2) is 9.84 Å². The molecule has 3 N–H and O–H groups in total. The number of rotatable bonds is 6. The molecule has 1 aromatic carbocycles. The van der Waals surface area contributed by atoms with Gasteiger partial charge in [-0.15, -0.1) is 0 Å². The lowest BCUT2D eigenvalue weighted by Crippen LogP contribution is -2.33. The summed E-state index contributed by atoms with van der Waals surface area (Å²) in [5.74, 6) is -1.82. The highest BCUT2D eigenvalue weighted by molar-refractivity contribution is 7.92. The second-order valence-electron chi connectivity index (χ2n) is 4.13. The van der Waals surface area contributed by atoms with Gasteiger partial charge in [0, 0.05) is 6.42 Å². The summed E-state index contributed by atoms with van der Waals surface area (Å²) in [6, 6.07) is 5.77. The van der Waals surface area contributed by atoms with Gasteiger partial charge in [-0.25, -0.2) is 8.42 Å². The smallest absolute Gasteiger partial charge is 0.303 e. The first kappa shape index (κ1) is 15.2. The van der Waals surface area contributed by atoms with Crippen LogP contribution in [0.1, 0.15) is 18.9 Å². The van der Waals surface area contributed by atoms with Gasteiger partial charge in [-0.05, 0) is 31.0 Å². The fraction of sp³-hybridized carbons (Fsp3) is 0.333. The molecule has 0 aliphatic heterocycles. The van der Waals surface area contributed by atoms with Crippen LogP contribution in [0.2, 0.25) is 0 Å². The number of hydrogen-bond acceptors (Lipinski definition) is 4. The molecular formula is C12H15NO5S. The van der Waals surface area contributed by atoms with Crippen molar-refractivity contribution in [3.8, 4) is 0 Å². The summed E-state index contributed by atoms with van der Waals surface area (Å²) in [6.07, 6.45) is 0.296. The van der Waals surface area contributed by atoms with Crippen LogP contribution in [-0.2, 0) is 25.8 Å². The molecule has 19 heavy (non-hydrogen) atoms. The molecular weight excluding hydrogens is 270 g/mol. The van der Waals surface area contributed by atoms with Gasteiger partial charge in [0.2, 0.25) is 5.91 Å². The zero-order chi connectivity index (χ0) is 14.6. The van der Waals surface area contributed by atoms with Crippen molar-refractivity contribution >= 4 is 21.7 Å². The van der Waals surface area contributed by atoms with Crippen LogP contribution in [0.5, 0.6) is 0 Å². The zero-order valence-corrected chi connectivity index (χ0v) is 11.2. The quantitative estimate of drug-likeness (QED) is 0.782. The van der Waals surface area contributed by atoms with Crippen molar-refractivity contribution in [3.63, 3.8) is 0 Å². The highest BCUT2D eigenvalue weighted by Crippen LogP contribution is 2.17. The van der Waals surface area contributed by atoms with Gasteiger partial charge in [0.05, 0.1) is 4.90 Å². The SMILES string of the molecule is CC(C(N)=O)S(=O)(=O)c1ccc(CCC(=O)O)cc1. The standard InChI is InChI=1S/C12H15NO5S/c1-8(12(13)16)19(17,18)10-5-2-9(3-6-10)4-7-11(14)15/h2-3,5-6,8H,4,7H2,1H3,(H2,13,16)(H,14,15). The van der Waals surface area contributed by atoms with E-state index in [4.69, 9.17) is 10.8 Å². The van der Waals surface area contributed by atoms with Crippen molar-refractivity contribution < 1.29 is 23.1 Å². The van der Waals surface area contributed by atoms with E-state index in [0.29, 0.717) is 12.0 Å². The van der Waals surface area contributed by atoms with Crippen LogP contribution in [0.25, 0.3) is 0 Å². The number of benzene rings is 1. The Morgan fingerprint density at radius 3 is 2.21 bits per heavy atom. The molecule has 6 nitrogen and oxygen atoms in total.